The quantitative estimate of drug-likeness (QED) is 0.620. The summed E-state index contributed by atoms with van der Waals surface area (Å²) in [5.74, 6) is 0.499. The van der Waals surface area contributed by atoms with E-state index >= 15 is 0 Å². The number of nitrogens with zero attached hydrogens (tertiary/aromatic N) is 1. The van der Waals surface area contributed by atoms with Gasteiger partial charge in [0.2, 0.25) is 0 Å². The van der Waals surface area contributed by atoms with Crippen LogP contribution in [-0.4, -0.2) is 26.2 Å². The molecule has 4 heteroatoms. The first-order valence-electron chi connectivity index (χ1n) is 7.26. The molecule has 0 aliphatic heterocycles. The predicted octanol–water partition coefficient (Wildman–Crippen LogP) is 2.93. The van der Waals surface area contributed by atoms with Crippen LogP contribution in [0.15, 0.2) is 29.3 Å². The van der Waals surface area contributed by atoms with Gasteiger partial charge in [-0.3, -0.25) is 4.99 Å². The van der Waals surface area contributed by atoms with Crippen molar-refractivity contribution in [3.63, 3.8) is 0 Å². The smallest absolute Gasteiger partial charge is 0.193 e. The van der Waals surface area contributed by atoms with Gasteiger partial charge in [0.05, 0.1) is 0 Å². The van der Waals surface area contributed by atoms with E-state index in [9.17, 15) is 0 Å². The fourth-order valence-electron chi connectivity index (χ4n) is 2.65. The van der Waals surface area contributed by atoms with Crippen molar-refractivity contribution in [1.82, 2.24) is 0 Å². The van der Waals surface area contributed by atoms with Crippen molar-refractivity contribution < 1.29 is 4.74 Å². The minimum absolute atomic E-state index is 0.314. The largest absolute Gasteiger partial charge is 0.385 e. The van der Waals surface area contributed by atoms with E-state index in [0.717, 1.165) is 25.3 Å². The van der Waals surface area contributed by atoms with Gasteiger partial charge < -0.3 is 15.8 Å². The van der Waals surface area contributed by atoms with Crippen molar-refractivity contribution in [1.29, 1.82) is 0 Å². The molecule has 1 aliphatic carbocycles. The van der Waals surface area contributed by atoms with Gasteiger partial charge in [-0.25, -0.2) is 0 Å². The van der Waals surface area contributed by atoms with Crippen molar-refractivity contribution in [3.05, 3.63) is 29.8 Å². The van der Waals surface area contributed by atoms with Crippen molar-refractivity contribution in [2.24, 2.45) is 16.1 Å². The average Bonchev–Trinajstić information content (AvgIpc) is 2.37. The number of ether oxygens (including phenoxy) is 1. The fraction of sp³-hybridized carbons (Fsp3) is 0.562. The highest BCUT2D eigenvalue weighted by atomic mass is 16.5. The molecule has 1 fully saturated rings. The second-order valence-electron chi connectivity index (χ2n) is 5.79. The summed E-state index contributed by atoms with van der Waals surface area (Å²) in [7, 11) is 1.75. The summed E-state index contributed by atoms with van der Waals surface area (Å²) in [5.41, 5.74) is 8.49. The van der Waals surface area contributed by atoms with Crippen molar-refractivity contribution in [2.45, 2.75) is 32.6 Å². The van der Waals surface area contributed by atoms with Gasteiger partial charge in [0.25, 0.3) is 0 Å². The van der Waals surface area contributed by atoms with E-state index in [1.807, 2.05) is 12.1 Å². The fourth-order valence-corrected chi connectivity index (χ4v) is 2.65. The Morgan fingerprint density at radius 2 is 2.25 bits per heavy atom. The number of aryl methyl sites for hydroxylation is 1. The minimum atomic E-state index is 0.314. The van der Waals surface area contributed by atoms with Crippen molar-refractivity contribution in [2.75, 3.05) is 25.6 Å². The molecule has 0 spiro atoms. The maximum absolute atomic E-state index is 5.98. The summed E-state index contributed by atoms with van der Waals surface area (Å²) in [4.78, 5) is 4.52. The lowest BCUT2D eigenvalue weighted by molar-refractivity contribution is 0.0780. The summed E-state index contributed by atoms with van der Waals surface area (Å²) in [5, 5.41) is 3.16. The van der Waals surface area contributed by atoms with Gasteiger partial charge in [0.1, 0.15) is 0 Å². The van der Waals surface area contributed by atoms with Crippen molar-refractivity contribution in [3.8, 4) is 0 Å². The number of anilines is 1. The highest BCUT2D eigenvalue weighted by molar-refractivity contribution is 5.92. The molecule has 2 rings (SSSR count). The van der Waals surface area contributed by atoms with Crippen LogP contribution in [0.2, 0.25) is 0 Å². The first-order chi connectivity index (χ1) is 9.63. The Hall–Kier alpha value is -1.55. The first-order valence-corrected chi connectivity index (χ1v) is 7.26. The molecule has 1 aromatic rings. The topological polar surface area (TPSA) is 59.6 Å². The van der Waals surface area contributed by atoms with Gasteiger partial charge in [-0.15, -0.1) is 0 Å². The van der Waals surface area contributed by atoms with Gasteiger partial charge in [0.15, 0.2) is 5.96 Å². The lowest BCUT2D eigenvalue weighted by atomic mass is 9.67. The molecular weight excluding hydrogens is 250 g/mol. The van der Waals surface area contributed by atoms with Crippen LogP contribution >= 0.6 is 0 Å². The third-order valence-corrected chi connectivity index (χ3v) is 4.13. The zero-order valence-corrected chi connectivity index (χ0v) is 12.5. The molecule has 0 amide bonds. The van der Waals surface area contributed by atoms with Crippen LogP contribution in [0.5, 0.6) is 0 Å². The number of aliphatic imine (C=N–C) groups is 1. The Bertz CT molecular complexity index is 467. The zero-order valence-electron chi connectivity index (χ0n) is 12.5. The molecule has 3 N–H and O–H groups in total. The molecule has 110 valence electrons. The van der Waals surface area contributed by atoms with Crippen LogP contribution in [0, 0.1) is 12.3 Å². The Kier molecular flexibility index (Phi) is 5.01. The van der Waals surface area contributed by atoms with Gasteiger partial charge >= 0.3 is 0 Å². The lowest BCUT2D eigenvalue weighted by Crippen LogP contribution is -2.35. The van der Waals surface area contributed by atoms with Crippen LogP contribution in [0.1, 0.15) is 31.2 Å². The maximum Gasteiger partial charge on any atom is 0.193 e. The molecule has 0 aromatic heterocycles. The lowest BCUT2D eigenvalue weighted by Gasteiger charge is -2.40. The van der Waals surface area contributed by atoms with E-state index < -0.39 is 0 Å². The molecule has 0 saturated heterocycles. The molecular formula is C16H25N3O. The molecule has 0 heterocycles. The molecule has 0 unspecified atom stereocenters. The van der Waals surface area contributed by atoms with Crippen LogP contribution in [-0.2, 0) is 4.74 Å². The standard InChI is InChI=1S/C16H25N3O/c1-13-5-3-6-14(11-13)19-15(17)18-12-16(7-4-8-16)9-10-20-2/h3,5-6,11H,4,7-10,12H2,1-2H3,(H3,17,18,19). The SMILES string of the molecule is COCCC1(CN=C(N)Nc2cccc(C)c2)CCC1. The Balaban J connectivity index is 1.90. The number of nitrogens with two attached hydrogens (primary N) is 1. The number of methoxy groups -OCH3 is 1. The maximum atomic E-state index is 5.98. The predicted molar refractivity (Wildman–Crippen MR) is 84.1 cm³/mol. The van der Waals surface area contributed by atoms with Crippen LogP contribution in [0.3, 0.4) is 0 Å². The van der Waals surface area contributed by atoms with E-state index in [1.165, 1.54) is 24.8 Å². The molecule has 20 heavy (non-hydrogen) atoms. The van der Waals surface area contributed by atoms with E-state index in [-0.39, 0.29) is 0 Å². The number of hydrogen-bond acceptors (Lipinski definition) is 2. The monoisotopic (exact) mass is 275 g/mol. The summed E-state index contributed by atoms with van der Waals surface area (Å²) in [6, 6.07) is 8.13. The Labute approximate surface area is 121 Å². The average molecular weight is 275 g/mol. The third-order valence-electron chi connectivity index (χ3n) is 4.13. The van der Waals surface area contributed by atoms with Gasteiger partial charge in [-0.05, 0) is 49.3 Å². The number of nitrogens with one attached hydrogen (secondary N) is 1. The van der Waals surface area contributed by atoms with Crippen LogP contribution in [0.4, 0.5) is 5.69 Å². The van der Waals surface area contributed by atoms with Crippen LogP contribution in [0.25, 0.3) is 0 Å². The first kappa shape index (κ1) is 14.9. The number of rotatable bonds is 6. The highest BCUT2D eigenvalue weighted by Gasteiger charge is 2.36. The van der Waals surface area contributed by atoms with E-state index in [0.29, 0.717) is 11.4 Å². The van der Waals surface area contributed by atoms with Gasteiger partial charge in [0, 0.05) is 25.9 Å². The summed E-state index contributed by atoms with van der Waals surface area (Å²) < 4.78 is 5.19. The van der Waals surface area contributed by atoms with E-state index in [2.05, 4.69) is 29.4 Å². The molecule has 4 nitrogen and oxygen atoms in total. The zero-order chi connectivity index (χ0) is 14.4. The molecule has 1 aromatic carbocycles. The van der Waals surface area contributed by atoms with Crippen LogP contribution < -0.4 is 11.1 Å². The number of hydrogen-bond donors (Lipinski definition) is 2. The Morgan fingerprint density at radius 3 is 2.85 bits per heavy atom. The summed E-state index contributed by atoms with van der Waals surface area (Å²) >= 11 is 0. The van der Waals surface area contributed by atoms with Crippen molar-refractivity contribution >= 4 is 11.6 Å². The second kappa shape index (κ2) is 6.75. The molecule has 1 aliphatic rings. The molecule has 0 atom stereocenters. The number of benzene rings is 1. The normalized spacial score (nSPS) is 17.6. The van der Waals surface area contributed by atoms with Gasteiger partial charge in [-0.1, -0.05) is 18.6 Å². The third kappa shape index (κ3) is 3.97. The van der Waals surface area contributed by atoms with Gasteiger partial charge in [-0.2, -0.15) is 0 Å². The molecule has 0 radical (unpaired) electrons. The second-order valence-corrected chi connectivity index (χ2v) is 5.79. The van der Waals surface area contributed by atoms with E-state index in [1.54, 1.807) is 7.11 Å². The van der Waals surface area contributed by atoms with E-state index in [4.69, 9.17) is 10.5 Å². The number of guanidine groups is 1. The minimum Gasteiger partial charge on any atom is -0.385 e. The molecule has 1 saturated carbocycles. The summed E-state index contributed by atoms with van der Waals surface area (Å²) in [6.07, 6.45) is 4.84. The summed E-state index contributed by atoms with van der Waals surface area (Å²) in [6.45, 7) is 3.66. The Morgan fingerprint density at radius 1 is 1.45 bits per heavy atom. The highest BCUT2D eigenvalue weighted by Crippen LogP contribution is 2.44. The molecule has 0 bridgehead atoms.